The third-order valence-corrected chi connectivity index (χ3v) is 4.67. The minimum atomic E-state index is -3.39. The van der Waals surface area contributed by atoms with Crippen molar-refractivity contribution in [1.29, 1.82) is 0 Å². The van der Waals surface area contributed by atoms with E-state index in [1.54, 1.807) is 29.9 Å². The monoisotopic (exact) mass is 357 g/mol. The molecule has 3 aromatic rings. The largest absolute Gasteiger partial charge is 0.443 e. The van der Waals surface area contributed by atoms with Gasteiger partial charge < -0.3 is 4.74 Å². The molecule has 5 nitrogen and oxygen atoms in total. The number of hydrogen-bond donors (Lipinski definition) is 0. The second-order valence-electron chi connectivity index (χ2n) is 6.24. The summed E-state index contributed by atoms with van der Waals surface area (Å²) in [4.78, 5) is 12.8. The number of fused-ring (bicyclic) bond motifs is 2. The van der Waals surface area contributed by atoms with Gasteiger partial charge in [0.1, 0.15) is 12.3 Å². The van der Waals surface area contributed by atoms with E-state index in [0.29, 0.717) is 22.6 Å². The van der Waals surface area contributed by atoms with E-state index < -0.39 is 12.1 Å². The Labute approximate surface area is 148 Å². The molecule has 0 saturated carbocycles. The van der Waals surface area contributed by atoms with Gasteiger partial charge in [0.15, 0.2) is 0 Å². The molecule has 134 valence electrons. The normalized spacial score (nSPS) is 15.7. The van der Waals surface area contributed by atoms with Crippen molar-refractivity contribution in [2.75, 3.05) is 6.54 Å². The Hall–Kier alpha value is -2.96. The molecule has 4 rings (SSSR count). The lowest BCUT2D eigenvalue weighted by Crippen LogP contribution is -2.48. The van der Waals surface area contributed by atoms with Crippen LogP contribution in [0.15, 0.2) is 48.5 Å². The summed E-state index contributed by atoms with van der Waals surface area (Å²) in [6.45, 7) is -0.250. The van der Waals surface area contributed by atoms with Gasteiger partial charge in [-0.1, -0.05) is 42.5 Å². The van der Waals surface area contributed by atoms with E-state index in [4.69, 9.17) is 4.74 Å². The zero-order valence-electron chi connectivity index (χ0n) is 14.2. The van der Waals surface area contributed by atoms with Crippen LogP contribution in [0.25, 0.3) is 10.9 Å². The van der Waals surface area contributed by atoms with Crippen molar-refractivity contribution in [3.8, 4) is 0 Å². The minimum Gasteiger partial charge on any atom is -0.443 e. The Morgan fingerprint density at radius 2 is 1.92 bits per heavy atom. The second-order valence-corrected chi connectivity index (χ2v) is 6.24. The molecule has 2 aromatic carbocycles. The number of para-hydroxylation sites is 1. The molecule has 1 aliphatic heterocycles. The van der Waals surface area contributed by atoms with E-state index in [9.17, 15) is 13.6 Å². The predicted octanol–water partition coefficient (Wildman–Crippen LogP) is 3.82. The van der Waals surface area contributed by atoms with Crippen LogP contribution < -0.4 is 0 Å². The van der Waals surface area contributed by atoms with Crippen LogP contribution in [0.2, 0.25) is 0 Å². The zero-order chi connectivity index (χ0) is 18.3. The molecule has 0 aliphatic carbocycles. The predicted molar refractivity (Wildman–Crippen MR) is 91.6 cm³/mol. The SMILES string of the molecule is Cn1nc(COC(=O)N2CCc3ccccc3C2(F)F)c2ccccc21. The molecule has 0 atom stereocenters. The van der Waals surface area contributed by atoms with E-state index in [1.165, 1.54) is 6.07 Å². The van der Waals surface area contributed by atoms with Gasteiger partial charge in [0.05, 0.1) is 5.52 Å². The molecule has 1 aliphatic rings. The van der Waals surface area contributed by atoms with Gasteiger partial charge in [-0.2, -0.15) is 13.9 Å². The number of carbonyl (C=O) groups excluding carboxylic acids is 1. The first-order valence-corrected chi connectivity index (χ1v) is 8.29. The number of carbonyl (C=O) groups is 1. The maximum atomic E-state index is 14.7. The van der Waals surface area contributed by atoms with E-state index >= 15 is 0 Å². The molecular weight excluding hydrogens is 340 g/mol. The van der Waals surface area contributed by atoms with Crippen LogP contribution in [0.1, 0.15) is 16.8 Å². The molecule has 0 saturated heterocycles. The fourth-order valence-corrected chi connectivity index (χ4v) is 3.36. The van der Waals surface area contributed by atoms with Crippen molar-refractivity contribution >= 4 is 17.0 Å². The third kappa shape index (κ3) is 2.60. The van der Waals surface area contributed by atoms with Crippen molar-refractivity contribution in [3.63, 3.8) is 0 Å². The van der Waals surface area contributed by atoms with Crippen LogP contribution in [-0.4, -0.2) is 27.3 Å². The van der Waals surface area contributed by atoms with Crippen molar-refractivity contribution < 1.29 is 18.3 Å². The van der Waals surface area contributed by atoms with Crippen LogP contribution >= 0.6 is 0 Å². The van der Waals surface area contributed by atoms with Gasteiger partial charge in [-0.3, -0.25) is 4.68 Å². The summed E-state index contributed by atoms with van der Waals surface area (Å²) in [5.74, 6) is 0. The highest BCUT2D eigenvalue weighted by atomic mass is 19.3. The van der Waals surface area contributed by atoms with Gasteiger partial charge in [0.2, 0.25) is 0 Å². The summed E-state index contributed by atoms with van der Waals surface area (Å²) in [6.07, 6.45) is -0.674. The molecule has 1 amide bonds. The van der Waals surface area contributed by atoms with Crippen LogP contribution in [-0.2, 0) is 30.9 Å². The van der Waals surface area contributed by atoms with E-state index in [2.05, 4.69) is 5.10 Å². The number of alkyl halides is 2. The summed E-state index contributed by atoms with van der Waals surface area (Å²) < 4.78 is 36.2. The first kappa shape index (κ1) is 16.5. The van der Waals surface area contributed by atoms with Crippen LogP contribution in [0, 0.1) is 0 Å². The number of hydrogen-bond acceptors (Lipinski definition) is 3. The molecule has 0 unspecified atom stereocenters. The van der Waals surface area contributed by atoms with Crippen molar-refractivity contribution in [3.05, 3.63) is 65.4 Å². The Balaban J connectivity index is 1.54. The Kier molecular flexibility index (Phi) is 3.86. The lowest BCUT2D eigenvalue weighted by molar-refractivity contribution is -0.146. The van der Waals surface area contributed by atoms with Gasteiger partial charge in [0.25, 0.3) is 0 Å². The van der Waals surface area contributed by atoms with Crippen molar-refractivity contribution in [1.82, 2.24) is 14.7 Å². The van der Waals surface area contributed by atoms with Gasteiger partial charge in [0, 0.05) is 24.5 Å². The van der Waals surface area contributed by atoms with Gasteiger partial charge >= 0.3 is 12.1 Å². The lowest BCUT2D eigenvalue weighted by Gasteiger charge is -2.35. The van der Waals surface area contributed by atoms with E-state index in [1.807, 2.05) is 24.3 Å². The minimum absolute atomic E-state index is 0.0915. The van der Waals surface area contributed by atoms with Crippen LogP contribution in [0.3, 0.4) is 0 Å². The molecule has 2 heterocycles. The number of rotatable bonds is 2. The molecular formula is C19H17F2N3O2. The third-order valence-electron chi connectivity index (χ3n) is 4.67. The summed E-state index contributed by atoms with van der Waals surface area (Å²) >= 11 is 0. The molecule has 0 spiro atoms. The lowest BCUT2D eigenvalue weighted by atomic mass is 9.98. The summed E-state index contributed by atoms with van der Waals surface area (Å²) in [7, 11) is 1.78. The first-order valence-electron chi connectivity index (χ1n) is 8.29. The molecule has 0 N–H and O–H groups in total. The molecule has 0 radical (unpaired) electrons. The maximum Gasteiger partial charge on any atom is 0.415 e. The number of halogens is 2. The summed E-state index contributed by atoms with van der Waals surface area (Å²) in [5, 5.41) is 5.14. The average molecular weight is 357 g/mol. The topological polar surface area (TPSA) is 47.4 Å². The first-order chi connectivity index (χ1) is 12.5. The Morgan fingerprint density at radius 1 is 1.19 bits per heavy atom. The van der Waals surface area contributed by atoms with Gasteiger partial charge in [-0.05, 0) is 18.1 Å². The number of aromatic nitrogens is 2. The second kappa shape index (κ2) is 6.09. The Bertz CT molecular complexity index is 984. The summed E-state index contributed by atoms with van der Waals surface area (Å²) in [6, 6.07) is 10.4. The fourth-order valence-electron chi connectivity index (χ4n) is 3.36. The highest BCUT2D eigenvalue weighted by molar-refractivity contribution is 5.82. The molecule has 1 aromatic heterocycles. The van der Waals surface area contributed by atoms with Gasteiger partial charge in [-0.25, -0.2) is 9.69 Å². The Morgan fingerprint density at radius 3 is 2.77 bits per heavy atom. The number of aryl methyl sites for hydroxylation is 1. The van der Waals surface area contributed by atoms with Gasteiger partial charge in [-0.15, -0.1) is 0 Å². The van der Waals surface area contributed by atoms with E-state index in [-0.39, 0.29) is 18.7 Å². The van der Waals surface area contributed by atoms with Crippen LogP contribution in [0.5, 0.6) is 0 Å². The number of ether oxygens (including phenoxy) is 1. The molecule has 7 heteroatoms. The standard InChI is InChI=1S/C19H17F2N3O2/c1-23-17-9-5-3-7-14(17)16(22-23)12-26-18(25)24-11-10-13-6-2-4-8-15(13)19(24,20)21/h2-9H,10-12H2,1H3. The molecule has 0 fully saturated rings. The van der Waals surface area contributed by atoms with E-state index in [0.717, 1.165) is 10.9 Å². The summed E-state index contributed by atoms with van der Waals surface area (Å²) in [5.41, 5.74) is 1.83. The smallest absolute Gasteiger partial charge is 0.415 e. The maximum absolute atomic E-state index is 14.7. The number of amides is 1. The highest BCUT2D eigenvalue weighted by Gasteiger charge is 2.47. The quantitative estimate of drug-likeness (QED) is 0.655. The highest BCUT2D eigenvalue weighted by Crippen LogP contribution is 2.38. The molecule has 26 heavy (non-hydrogen) atoms. The average Bonchev–Trinajstić information content (AvgIpc) is 2.96. The van der Waals surface area contributed by atoms with Crippen LogP contribution in [0.4, 0.5) is 13.6 Å². The number of nitrogens with zero attached hydrogens (tertiary/aromatic N) is 3. The number of benzene rings is 2. The molecule has 0 bridgehead atoms. The zero-order valence-corrected chi connectivity index (χ0v) is 14.2. The van der Waals surface area contributed by atoms with Crippen molar-refractivity contribution in [2.24, 2.45) is 7.05 Å². The fraction of sp³-hybridized carbons (Fsp3) is 0.263. The van der Waals surface area contributed by atoms with Crippen molar-refractivity contribution in [2.45, 2.75) is 19.1 Å².